The van der Waals surface area contributed by atoms with Crippen LogP contribution in [0.2, 0.25) is 22.2 Å². The lowest BCUT2D eigenvalue weighted by Crippen LogP contribution is -2.66. The van der Waals surface area contributed by atoms with Gasteiger partial charge in [0.15, 0.2) is 0 Å². The van der Waals surface area contributed by atoms with Crippen LogP contribution >= 0.6 is 0 Å². The van der Waals surface area contributed by atoms with Crippen LogP contribution in [0, 0.1) is 0 Å². The average molecular weight is 693 g/mol. The van der Waals surface area contributed by atoms with Crippen molar-refractivity contribution in [2.75, 3.05) is 6.61 Å². The van der Waals surface area contributed by atoms with E-state index in [0.717, 1.165) is 14.7 Å². The Hall–Kier alpha value is -2.44. The van der Waals surface area contributed by atoms with Crippen molar-refractivity contribution < 1.29 is 37.1 Å². The van der Waals surface area contributed by atoms with Crippen LogP contribution in [0.3, 0.4) is 0 Å². The second kappa shape index (κ2) is 14.6. The number of carbonyl (C=O) groups excluding carboxylic acids is 1. The normalized spacial score (nSPS) is 26.3. The summed E-state index contributed by atoms with van der Waals surface area (Å²) in [5.74, 6) is -0.635. The third-order valence-electron chi connectivity index (χ3n) is 9.48. The number of benzene rings is 1. The Morgan fingerprint density at radius 3 is 2.11 bits per heavy atom. The first-order valence-electron chi connectivity index (χ1n) is 16.5. The smallest absolute Gasteiger partial charge is 0.335 e. The second-order valence-electron chi connectivity index (χ2n) is 13.9. The SMILES string of the molecule is CC(=O)O[C@@H](C)[C@@]1(n2ccc(=O)n(COCc3ccccc3)c2=O)O[C@@H]2CO[Si](C(C)C)(C(C)C)O[Si](C(C)C)(C(C)C)O[C@H]2[C@@H]1O. The van der Waals surface area contributed by atoms with E-state index in [-0.39, 0.29) is 42.1 Å². The molecule has 262 valence electrons. The lowest BCUT2D eigenvalue weighted by molar-refractivity contribution is -0.218. The fraction of sp³-hybridized carbons (Fsp3) is 0.667. The molecule has 14 heteroatoms. The second-order valence-corrected chi connectivity index (χ2v) is 22.7. The molecule has 1 N–H and O–H groups in total. The van der Waals surface area contributed by atoms with Gasteiger partial charge in [-0.25, -0.2) is 9.36 Å². The van der Waals surface area contributed by atoms with Crippen LogP contribution in [-0.4, -0.2) is 68.4 Å². The van der Waals surface area contributed by atoms with E-state index >= 15 is 0 Å². The van der Waals surface area contributed by atoms with E-state index in [9.17, 15) is 19.5 Å². The van der Waals surface area contributed by atoms with Crippen LogP contribution in [0.25, 0.3) is 0 Å². The van der Waals surface area contributed by atoms with Gasteiger partial charge in [-0.3, -0.25) is 14.2 Å². The number of aromatic nitrogens is 2. The molecule has 0 saturated carbocycles. The molecule has 47 heavy (non-hydrogen) atoms. The van der Waals surface area contributed by atoms with E-state index in [4.69, 9.17) is 27.2 Å². The third kappa shape index (κ3) is 6.88. The van der Waals surface area contributed by atoms with Crippen LogP contribution in [-0.2, 0) is 51.0 Å². The largest absolute Gasteiger partial charge is 0.458 e. The molecular weight excluding hydrogens is 641 g/mol. The molecule has 2 aromatic rings. The molecule has 2 saturated heterocycles. The van der Waals surface area contributed by atoms with Gasteiger partial charge in [0.2, 0.25) is 5.72 Å². The van der Waals surface area contributed by atoms with Crippen molar-refractivity contribution in [1.29, 1.82) is 0 Å². The summed E-state index contributed by atoms with van der Waals surface area (Å²) in [4.78, 5) is 39.5. The highest BCUT2D eigenvalue weighted by atomic mass is 28.5. The van der Waals surface area contributed by atoms with E-state index in [0.29, 0.717) is 0 Å². The maximum absolute atomic E-state index is 14.2. The monoisotopic (exact) mass is 692 g/mol. The van der Waals surface area contributed by atoms with Gasteiger partial charge in [-0.1, -0.05) is 85.7 Å². The van der Waals surface area contributed by atoms with Gasteiger partial charge in [0.1, 0.15) is 31.1 Å². The van der Waals surface area contributed by atoms with Crippen LogP contribution < -0.4 is 11.2 Å². The third-order valence-corrected chi connectivity index (χ3v) is 19.7. The Bertz CT molecular complexity index is 1480. The maximum Gasteiger partial charge on any atom is 0.335 e. The van der Waals surface area contributed by atoms with Gasteiger partial charge < -0.3 is 32.3 Å². The minimum atomic E-state index is -3.20. The molecule has 2 aliphatic heterocycles. The van der Waals surface area contributed by atoms with Crippen molar-refractivity contribution in [3.8, 4) is 0 Å². The van der Waals surface area contributed by atoms with Crippen LogP contribution in [0.1, 0.15) is 74.8 Å². The molecule has 1 aromatic heterocycles. The van der Waals surface area contributed by atoms with E-state index < -0.39 is 64.5 Å². The molecule has 3 heterocycles. The predicted octanol–water partition coefficient (Wildman–Crippen LogP) is 4.50. The van der Waals surface area contributed by atoms with E-state index in [1.165, 1.54) is 19.2 Å². The number of hydrogen-bond acceptors (Lipinski definition) is 10. The summed E-state index contributed by atoms with van der Waals surface area (Å²) in [5.41, 5.74) is -2.43. The molecule has 12 nitrogen and oxygen atoms in total. The number of carbonyl (C=O) groups is 1. The molecule has 4 rings (SSSR count). The first kappa shape index (κ1) is 37.4. The van der Waals surface area contributed by atoms with Crippen molar-refractivity contribution in [3.05, 3.63) is 69.0 Å². The number of rotatable bonds is 11. The fourth-order valence-electron chi connectivity index (χ4n) is 7.02. The van der Waals surface area contributed by atoms with Crippen molar-refractivity contribution in [1.82, 2.24) is 9.13 Å². The average Bonchev–Trinajstić information content (AvgIpc) is 3.25. The van der Waals surface area contributed by atoms with Gasteiger partial charge in [-0.2, -0.15) is 0 Å². The summed E-state index contributed by atoms with van der Waals surface area (Å²) >= 11 is 0. The van der Waals surface area contributed by atoms with Crippen LogP contribution in [0.5, 0.6) is 0 Å². The fourth-order valence-corrected chi connectivity index (χ4v) is 18.2. The zero-order valence-corrected chi connectivity index (χ0v) is 31.3. The number of aliphatic hydroxyl groups excluding tert-OH is 1. The number of aliphatic hydroxyl groups is 1. The Morgan fingerprint density at radius 2 is 1.55 bits per heavy atom. The minimum Gasteiger partial charge on any atom is -0.458 e. The molecule has 0 aliphatic carbocycles. The lowest BCUT2D eigenvalue weighted by atomic mass is 9.97. The van der Waals surface area contributed by atoms with E-state index in [1.54, 1.807) is 6.92 Å². The molecule has 0 spiro atoms. The Labute approximate surface area is 279 Å². The van der Waals surface area contributed by atoms with Crippen molar-refractivity contribution in [3.63, 3.8) is 0 Å². The Morgan fingerprint density at radius 1 is 0.957 bits per heavy atom. The molecular formula is C33H52N2O10Si2. The van der Waals surface area contributed by atoms with Gasteiger partial charge in [-0.15, -0.1) is 0 Å². The zero-order chi connectivity index (χ0) is 34.9. The predicted molar refractivity (Wildman–Crippen MR) is 180 cm³/mol. The van der Waals surface area contributed by atoms with Gasteiger partial charge >= 0.3 is 28.8 Å². The molecule has 1 aromatic carbocycles. The molecule has 0 bridgehead atoms. The topological polar surface area (TPSA) is 137 Å². The first-order valence-corrected chi connectivity index (χ1v) is 20.5. The highest BCUT2D eigenvalue weighted by Gasteiger charge is 2.67. The number of ether oxygens (including phenoxy) is 3. The summed E-state index contributed by atoms with van der Waals surface area (Å²) in [6.45, 7) is 19.3. The summed E-state index contributed by atoms with van der Waals surface area (Å²) in [7, 11) is -6.15. The van der Waals surface area contributed by atoms with Gasteiger partial charge in [-0.05, 0) is 34.7 Å². The molecule has 5 atom stereocenters. The van der Waals surface area contributed by atoms with Crippen molar-refractivity contribution in [2.45, 2.75) is 135 Å². The number of hydrogen-bond donors (Lipinski definition) is 1. The minimum absolute atomic E-state index is 0.0219. The van der Waals surface area contributed by atoms with E-state index in [2.05, 4.69) is 55.4 Å². The molecule has 0 radical (unpaired) electrons. The number of fused-ring (bicyclic) bond motifs is 1. The standard InChI is InChI=1S/C33H52N2O10Si2/c1-21(2)46(22(3)4)41-19-28-30(44-47(45-46,23(5)6)24(7)8)31(38)33(43-28,25(9)42-26(10)36)35-17-16-29(37)34(32(35)39)20-40-18-27-14-12-11-13-15-27/h11-17,21-25,28,30-31,38H,18-20H2,1-10H3/t25-,28+,30+,31-,33+/m0/s1. The summed E-state index contributed by atoms with van der Waals surface area (Å²) in [6, 6.07) is 10.6. The molecule has 0 amide bonds. The quantitative estimate of drug-likeness (QED) is 0.265. The zero-order valence-electron chi connectivity index (χ0n) is 29.3. The summed E-state index contributed by atoms with van der Waals surface area (Å²) < 4.78 is 41.3. The van der Waals surface area contributed by atoms with Gasteiger partial charge in [0, 0.05) is 19.2 Å². The maximum atomic E-state index is 14.2. The Balaban J connectivity index is 1.85. The molecule has 0 unspecified atom stereocenters. The van der Waals surface area contributed by atoms with E-state index in [1.807, 2.05) is 30.3 Å². The highest BCUT2D eigenvalue weighted by Crippen LogP contribution is 2.50. The lowest BCUT2D eigenvalue weighted by Gasteiger charge is -2.51. The van der Waals surface area contributed by atoms with Crippen LogP contribution in [0.15, 0.2) is 52.2 Å². The van der Waals surface area contributed by atoms with Crippen LogP contribution in [0.4, 0.5) is 0 Å². The van der Waals surface area contributed by atoms with Crippen molar-refractivity contribution >= 4 is 23.1 Å². The highest BCUT2D eigenvalue weighted by molar-refractivity contribution is 6.84. The molecule has 2 fully saturated rings. The molecule has 2 aliphatic rings. The first-order chi connectivity index (χ1) is 22.0. The number of esters is 1. The van der Waals surface area contributed by atoms with Crippen molar-refractivity contribution in [2.24, 2.45) is 0 Å². The number of nitrogens with zero attached hydrogens (tertiary/aromatic N) is 2. The Kier molecular flexibility index (Phi) is 11.6. The van der Waals surface area contributed by atoms with Gasteiger partial charge in [0.25, 0.3) is 5.56 Å². The van der Waals surface area contributed by atoms with Gasteiger partial charge in [0.05, 0.1) is 13.2 Å². The summed E-state index contributed by atoms with van der Waals surface area (Å²) in [6.07, 6.45) is -3.32. The summed E-state index contributed by atoms with van der Waals surface area (Å²) in [5, 5.41) is 12.3.